The van der Waals surface area contributed by atoms with E-state index in [-0.39, 0.29) is 11.3 Å². The molecule has 0 saturated carbocycles. The molecule has 1 N–H and O–H groups in total. The van der Waals surface area contributed by atoms with Gasteiger partial charge in [0.05, 0.1) is 11.6 Å². The van der Waals surface area contributed by atoms with E-state index in [1.165, 1.54) is 4.90 Å². The number of aliphatic hydroxyl groups is 1. The molecule has 0 aliphatic carbocycles. The maximum atomic E-state index is 13.6. The lowest BCUT2D eigenvalue weighted by molar-refractivity contribution is -0.117. The number of hydrogen-bond acceptors (Lipinski definition) is 5. The minimum absolute atomic E-state index is 0.0115. The molecule has 0 fully saturated rings. The van der Waals surface area contributed by atoms with Gasteiger partial charge >= 0.3 is 0 Å². The normalized spacial score (nSPS) is 16.2. The number of carbonyl (C=O) groups excluding carboxylic acids is 2. The van der Waals surface area contributed by atoms with Gasteiger partial charge in [0.1, 0.15) is 5.58 Å². The Morgan fingerprint density at radius 2 is 1.91 bits per heavy atom. The first-order valence-corrected chi connectivity index (χ1v) is 10.7. The molecule has 0 spiro atoms. The van der Waals surface area contributed by atoms with Crippen molar-refractivity contribution in [2.45, 2.75) is 19.9 Å². The zero-order chi connectivity index (χ0) is 23.3. The van der Waals surface area contributed by atoms with Crippen LogP contribution in [-0.4, -0.2) is 21.8 Å². The SMILES string of the molecule is Cc1ccc(N2C(=O)C(O)=C(C(=O)c3cc4cc(Cl)ccc4o3)C2c2cccnc2)cc1C. The lowest BCUT2D eigenvalue weighted by atomic mass is 9.95. The number of anilines is 1. The van der Waals surface area contributed by atoms with Gasteiger partial charge in [-0.3, -0.25) is 19.5 Å². The molecule has 0 bridgehead atoms. The predicted molar refractivity (Wildman–Crippen MR) is 126 cm³/mol. The standard InChI is InChI=1S/C26H19ClN2O4/c1-14-5-7-19(10-15(14)2)29-23(16-4-3-9-28-13-16)22(25(31)26(29)32)24(30)21-12-17-11-18(27)6-8-20(17)33-21/h3-13,23,31H,1-2H3. The number of rotatable bonds is 4. The first-order valence-electron chi connectivity index (χ1n) is 10.3. The number of benzene rings is 2. The minimum atomic E-state index is -0.863. The third-order valence-electron chi connectivity index (χ3n) is 5.92. The number of halogens is 1. The third kappa shape index (κ3) is 3.49. The molecule has 2 aromatic carbocycles. The summed E-state index contributed by atoms with van der Waals surface area (Å²) in [7, 11) is 0. The van der Waals surface area contributed by atoms with Gasteiger partial charge in [-0.05, 0) is 73.0 Å². The van der Waals surface area contributed by atoms with Gasteiger partial charge in [-0.15, -0.1) is 0 Å². The number of carbonyl (C=O) groups is 2. The molecule has 2 aromatic heterocycles. The summed E-state index contributed by atoms with van der Waals surface area (Å²) in [5.41, 5.74) is 3.64. The van der Waals surface area contributed by atoms with Crippen LogP contribution in [0.15, 0.2) is 82.7 Å². The van der Waals surface area contributed by atoms with Crippen molar-refractivity contribution in [3.63, 3.8) is 0 Å². The molecule has 5 rings (SSSR count). The molecule has 1 aliphatic heterocycles. The van der Waals surface area contributed by atoms with Crippen molar-refractivity contribution in [2.75, 3.05) is 4.90 Å². The van der Waals surface area contributed by atoms with E-state index < -0.39 is 23.5 Å². The molecular formula is C26H19ClN2O4. The molecule has 0 radical (unpaired) electrons. The minimum Gasteiger partial charge on any atom is -0.503 e. The number of aliphatic hydroxyl groups excluding tert-OH is 1. The van der Waals surface area contributed by atoms with Crippen LogP contribution in [0.25, 0.3) is 11.0 Å². The Morgan fingerprint density at radius 1 is 1.09 bits per heavy atom. The molecule has 33 heavy (non-hydrogen) atoms. The second-order valence-corrected chi connectivity index (χ2v) is 8.45. The number of aromatic nitrogens is 1. The van der Waals surface area contributed by atoms with E-state index in [0.29, 0.717) is 27.2 Å². The van der Waals surface area contributed by atoms with E-state index in [4.69, 9.17) is 16.0 Å². The molecule has 0 saturated heterocycles. The van der Waals surface area contributed by atoms with Gasteiger partial charge in [0, 0.05) is 28.5 Å². The van der Waals surface area contributed by atoms with E-state index in [1.807, 2.05) is 26.0 Å². The highest BCUT2D eigenvalue weighted by atomic mass is 35.5. The summed E-state index contributed by atoms with van der Waals surface area (Å²) >= 11 is 6.06. The molecule has 6 nitrogen and oxygen atoms in total. The van der Waals surface area contributed by atoms with Crippen molar-refractivity contribution < 1.29 is 19.1 Å². The van der Waals surface area contributed by atoms with Crippen molar-refractivity contribution in [3.8, 4) is 0 Å². The number of Topliss-reactive ketones (excluding diaryl/α,β-unsaturated/α-hetero) is 1. The molecule has 1 amide bonds. The molecule has 3 heterocycles. The zero-order valence-corrected chi connectivity index (χ0v) is 18.6. The Labute approximate surface area is 194 Å². The highest BCUT2D eigenvalue weighted by Crippen LogP contribution is 2.42. The number of ketones is 1. The van der Waals surface area contributed by atoms with Gasteiger partial charge in [-0.2, -0.15) is 0 Å². The highest BCUT2D eigenvalue weighted by molar-refractivity contribution is 6.31. The molecular weight excluding hydrogens is 440 g/mol. The van der Waals surface area contributed by atoms with E-state index in [1.54, 1.807) is 54.9 Å². The smallest absolute Gasteiger partial charge is 0.294 e. The first kappa shape index (κ1) is 21.0. The zero-order valence-electron chi connectivity index (χ0n) is 17.9. The lowest BCUT2D eigenvalue weighted by Crippen LogP contribution is -2.31. The molecule has 1 aliphatic rings. The van der Waals surface area contributed by atoms with Gasteiger partial charge in [0.25, 0.3) is 5.91 Å². The first-order chi connectivity index (χ1) is 15.8. The topological polar surface area (TPSA) is 83.6 Å². The van der Waals surface area contributed by atoms with Gasteiger partial charge in [0.2, 0.25) is 5.78 Å². The van der Waals surface area contributed by atoms with Gasteiger partial charge in [0.15, 0.2) is 11.5 Å². The van der Waals surface area contributed by atoms with Crippen molar-refractivity contribution >= 4 is 39.9 Å². The molecule has 1 unspecified atom stereocenters. The lowest BCUT2D eigenvalue weighted by Gasteiger charge is -2.27. The number of nitrogens with zero attached hydrogens (tertiary/aromatic N) is 2. The Bertz CT molecular complexity index is 1460. The molecule has 164 valence electrons. The fourth-order valence-electron chi connectivity index (χ4n) is 4.09. The summed E-state index contributed by atoms with van der Waals surface area (Å²) in [6, 6.07) is 14.8. The number of fused-ring (bicyclic) bond motifs is 1. The highest BCUT2D eigenvalue weighted by Gasteiger charge is 2.45. The summed E-state index contributed by atoms with van der Waals surface area (Å²) in [5, 5.41) is 12.0. The number of furan rings is 1. The van der Waals surface area contributed by atoms with E-state index in [0.717, 1.165) is 11.1 Å². The number of hydrogen-bond donors (Lipinski definition) is 1. The Kier molecular flexibility index (Phi) is 5.02. The van der Waals surface area contributed by atoms with Crippen molar-refractivity contribution in [3.05, 3.63) is 106 Å². The summed E-state index contributed by atoms with van der Waals surface area (Å²) < 4.78 is 5.74. The van der Waals surface area contributed by atoms with Gasteiger partial charge in [-0.1, -0.05) is 23.7 Å². The average Bonchev–Trinajstić information content (AvgIpc) is 3.34. The van der Waals surface area contributed by atoms with Crippen LogP contribution in [0.3, 0.4) is 0 Å². The summed E-state index contributed by atoms with van der Waals surface area (Å²) in [5.74, 6) is -1.83. The predicted octanol–water partition coefficient (Wildman–Crippen LogP) is 5.88. The van der Waals surface area contributed by atoms with Crippen LogP contribution in [-0.2, 0) is 4.79 Å². The van der Waals surface area contributed by atoms with Crippen LogP contribution in [0.2, 0.25) is 5.02 Å². The quantitative estimate of drug-likeness (QED) is 0.386. The van der Waals surface area contributed by atoms with E-state index >= 15 is 0 Å². The fraction of sp³-hybridized carbons (Fsp3) is 0.115. The Morgan fingerprint density at radius 3 is 2.64 bits per heavy atom. The van der Waals surface area contributed by atoms with Crippen LogP contribution >= 0.6 is 11.6 Å². The number of aryl methyl sites for hydroxylation is 2. The monoisotopic (exact) mass is 458 g/mol. The number of pyridine rings is 1. The second-order valence-electron chi connectivity index (χ2n) is 8.02. The maximum Gasteiger partial charge on any atom is 0.294 e. The fourth-order valence-corrected chi connectivity index (χ4v) is 4.27. The van der Waals surface area contributed by atoms with E-state index in [2.05, 4.69) is 4.98 Å². The van der Waals surface area contributed by atoms with Crippen molar-refractivity contribution in [2.24, 2.45) is 0 Å². The van der Waals surface area contributed by atoms with Crippen molar-refractivity contribution in [1.29, 1.82) is 0 Å². The Balaban J connectivity index is 1.66. The van der Waals surface area contributed by atoms with Crippen LogP contribution < -0.4 is 4.90 Å². The second kappa shape index (κ2) is 7.90. The molecule has 4 aromatic rings. The van der Waals surface area contributed by atoms with Crippen LogP contribution in [0.1, 0.15) is 33.3 Å². The largest absolute Gasteiger partial charge is 0.503 e. The Hall–Kier alpha value is -3.90. The summed E-state index contributed by atoms with van der Waals surface area (Å²) in [4.78, 5) is 32.4. The summed E-state index contributed by atoms with van der Waals surface area (Å²) in [6.45, 7) is 3.92. The van der Waals surface area contributed by atoms with Gasteiger partial charge < -0.3 is 9.52 Å². The third-order valence-corrected chi connectivity index (χ3v) is 6.16. The summed E-state index contributed by atoms with van der Waals surface area (Å²) in [6.07, 6.45) is 3.19. The average molecular weight is 459 g/mol. The van der Waals surface area contributed by atoms with Crippen LogP contribution in [0, 0.1) is 13.8 Å². The molecule has 7 heteroatoms. The van der Waals surface area contributed by atoms with Crippen LogP contribution in [0.4, 0.5) is 5.69 Å². The number of amides is 1. The van der Waals surface area contributed by atoms with E-state index in [9.17, 15) is 14.7 Å². The van der Waals surface area contributed by atoms with Crippen molar-refractivity contribution in [1.82, 2.24) is 4.98 Å². The maximum absolute atomic E-state index is 13.6. The van der Waals surface area contributed by atoms with Crippen LogP contribution in [0.5, 0.6) is 0 Å². The van der Waals surface area contributed by atoms with Gasteiger partial charge in [-0.25, -0.2) is 0 Å². The molecule has 1 atom stereocenters.